The number of nitrogens with zero attached hydrogens (tertiary/aromatic N) is 1. The molecule has 0 N–H and O–H groups in total. The highest BCUT2D eigenvalue weighted by molar-refractivity contribution is 8.26. The van der Waals surface area contributed by atoms with Crippen LogP contribution < -0.4 is 9.47 Å². The molecule has 0 aromatic heterocycles. The molecule has 0 saturated carbocycles. The summed E-state index contributed by atoms with van der Waals surface area (Å²) < 4.78 is 17.2. The number of ether oxygens (including phenoxy) is 3. The Hall–Kier alpha value is -2.84. The first-order valence-electron chi connectivity index (χ1n) is 11.4. The molecule has 2 aromatic carbocycles. The number of rotatable bonds is 11. The zero-order valence-corrected chi connectivity index (χ0v) is 21.2. The summed E-state index contributed by atoms with van der Waals surface area (Å²) in [5.41, 5.74) is 1.43. The van der Waals surface area contributed by atoms with Gasteiger partial charge in [-0.25, -0.2) is 4.79 Å². The minimum atomic E-state index is -0.935. The van der Waals surface area contributed by atoms with Crippen LogP contribution in [0, 0.1) is 0 Å². The summed E-state index contributed by atoms with van der Waals surface area (Å²) in [6.45, 7) is 7.22. The fourth-order valence-electron chi connectivity index (χ4n) is 3.38. The number of esters is 1. The molecular weight excluding hydrogens is 470 g/mol. The number of hydrogen-bond acceptors (Lipinski definition) is 7. The third-order valence-electron chi connectivity index (χ3n) is 4.90. The van der Waals surface area contributed by atoms with Gasteiger partial charge in [0.05, 0.1) is 24.7 Å². The van der Waals surface area contributed by atoms with Crippen LogP contribution in [0.25, 0.3) is 6.08 Å². The van der Waals surface area contributed by atoms with Gasteiger partial charge >= 0.3 is 5.97 Å². The lowest BCUT2D eigenvalue weighted by Crippen LogP contribution is -2.38. The minimum Gasteiger partial charge on any atom is -0.490 e. The van der Waals surface area contributed by atoms with Crippen molar-refractivity contribution in [3.05, 3.63) is 64.6 Å². The Balaban J connectivity index is 1.91. The summed E-state index contributed by atoms with van der Waals surface area (Å²) in [7, 11) is 0. The Morgan fingerprint density at radius 3 is 2.44 bits per heavy atom. The molecule has 34 heavy (non-hydrogen) atoms. The SMILES string of the molecule is CCCOC(=O)C(c1ccccc1)N1C(=O)/C(=C/c2ccc(OCCC)c(OCC)c2)SC1=S. The van der Waals surface area contributed by atoms with Gasteiger partial charge in [0.2, 0.25) is 0 Å². The maximum atomic E-state index is 13.4. The smallest absolute Gasteiger partial charge is 0.333 e. The molecule has 1 heterocycles. The molecule has 1 aliphatic heterocycles. The summed E-state index contributed by atoms with van der Waals surface area (Å²) in [6.07, 6.45) is 3.33. The number of hydrogen-bond donors (Lipinski definition) is 0. The van der Waals surface area contributed by atoms with E-state index in [0.717, 1.165) is 12.0 Å². The number of amides is 1. The molecular formula is C26H29NO5S2. The fourth-order valence-corrected chi connectivity index (χ4v) is 4.69. The highest BCUT2D eigenvalue weighted by Crippen LogP contribution is 2.39. The van der Waals surface area contributed by atoms with Crippen LogP contribution in [-0.2, 0) is 14.3 Å². The Bertz CT molecular complexity index is 1050. The number of carbonyl (C=O) groups is 2. The molecule has 1 fully saturated rings. The van der Waals surface area contributed by atoms with Crippen molar-refractivity contribution in [2.75, 3.05) is 19.8 Å². The summed E-state index contributed by atoms with van der Waals surface area (Å²) in [6, 6.07) is 13.7. The van der Waals surface area contributed by atoms with E-state index in [1.807, 2.05) is 57.2 Å². The Morgan fingerprint density at radius 2 is 1.76 bits per heavy atom. The van der Waals surface area contributed by atoms with E-state index >= 15 is 0 Å². The van der Waals surface area contributed by atoms with Gasteiger partial charge in [-0.15, -0.1) is 0 Å². The first-order valence-corrected chi connectivity index (χ1v) is 12.6. The number of benzene rings is 2. The molecule has 8 heteroatoms. The van der Waals surface area contributed by atoms with Crippen molar-refractivity contribution in [3.8, 4) is 11.5 Å². The normalized spacial score (nSPS) is 15.5. The molecule has 1 amide bonds. The lowest BCUT2D eigenvalue weighted by molar-refractivity contribution is -0.151. The van der Waals surface area contributed by atoms with Crippen molar-refractivity contribution in [2.24, 2.45) is 0 Å². The number of thiocarbonyl (C=S) groups is 1. The molecule has 180 valence electrons. The lowest BCUT2D eigenvalue weighted by atomic mass is 10.1. The van der Waals surface area contributed by atoms with Gasteiger partial charge in [-0.3, -0.25) is 9.69 Å². The Morgan fingerprint density at radius 1 is 1.03 bits per heavy atom. The summed E-state index contributed by atoms with van der Waals surface area (Å²) in [4.78, 5) is 28.1. The monoisotopic (exact) mass is 499 g/mol. The maximum absolute atomic E-state index is 13.4. The second-order valence-corrected chi connectivity index (χ2v) is 9.20. The first kappa shape index (κ1) is 25.8. The minimum absolute atomic E-state index is 0.277. The van der Waals surface area contributed by atoms with Crippen LogP contribution in [0.1, 0.15) is 50.8 Å². The van der Waals surface area contributed by atoms with Crippen molar-refractivity contribution in [1.29, 1.82) is 0 Å². The lowest BCUT2D eigenvalue weighted by Gasteiger charge is -2.25. The van der Waals surface area contributed by atoms with Crippen molar-refractivity contribution >= 4 is 46.3 Å². The van der Waals surface area contributed by atoms with Crippen molar-refractivity contribution in [3.63, 3.8) is 0 Å². The van der Waals surface area contributed by atoms with E-state index in [4.69, 9.17) is 26.4 Å². The van der Waals surface area contributed by atoms with E-state index in [-0.39, 0.29) is 12.5 Å². The van der Waals surface area contributed by atoms with E-state index in [9.17, 15) is 9.59 Å². The van der Waals surface area contributed by atoms with Gasteiger partial charge in [-0.05, 0) is 49.1 Å². The quantitative estimate of drug-likeness (QED) is 0.221. The largest absolute Gasteiger partial charge is 0.490 e. The van der Waals surface area contributed by atoms with E-state index < -0.39 is 12.0 Å². The Labute approximate surface area is 210 Å². The number of thioether (sulfide) groups is 1. The average molecular weight is 500 g/mol. The van der Waals surface area contributed by atoms with Gasteiger partial charge < -0.3 is 14.2 Å². The standard InChI is InChI=1S/C26H29NO5S2/c1-4-14-31-20-13-12-18(16-21(20)30-6-3)17-22-24(28)27(26(33)34-22)23(25(29)32-15-5-2)19-10-8-7-9-11-19/h7-13,16-17,23H,4-6,14-15H2,1-3H3/b22-17-. The molecule has 6 nitrogen and oxygen atoms in total. The van der Waals surface area contributed by atoms with Gasteiger partial charge in [0.1, 0.15) is 4.32 Å². The molecule has 2 aromatic rings. The third-order valence-corrected chi connectivity index (χ3v) is 6.23. The first-order chi connectivity index (χ1) is 16.5. The highest BCUT2D eigenvalue weighted by atomic mass is 32.2. The van der Waals surface area contributed by atoms with Gasteiger partial charge in [-0.2, -0.15) is 0 Å². The van der Waals surface area contributed by atoms with Gasteiger partial charge in [0.25, 0.3) is 5.91 Å². The molecule has 0 radical (unpaired) electrons. The third kappa shape index (κ3) is 6.18. The van der Waals surface area contributed by atoms with E-state index in [0.29, 0.717) is 45.9 Å². The van der Waals surface area contributed by atoms with E-state index in [1.54, 1.807) is 18.2 Å². The fraction of sp³-hybridized carbons (Fsp3) is 0.346. The van der Waals surface area contributed by atoms with Gasteiger partial charge in [0.15, 0.2) is 17.5 Å². The van der Waals surface area contributed by atoms with E-state index in [2.05, 4.69) is 0 Å². The highest BCUT2D eigenvalue weighted by Gasteiger charge is 2.42. The summed E-state index contributed by atoms with van der Waals surface area (Å²) >= 11 is 6.70. The molecule has 0 spiro atoms. The molecule has 1 atom stereocenters. The van der Waals surface area contributed by atoms with Crippen LogP contribution >= 0.6 is 24.0 Å². The average Bonchev–Trinajstić information content (AvgIpc) is 3.11. The van der Waals surface area contributed by atoms with Crippen molar-refractivity contribution in [1.82, 2.24) is 4.90 Å². The molecule has 0 aliphatic carbocycles. The van der Waals surface area contributed by atoms with Crippen LogP contribution in [0.5, 0.6) is 11.5 Å². The van der Waals surface area contributed by atoms with Gasteiger partial charge in [0, 0.05) is 0 Å². The van der Waals surface area contributed by atoms with Crippen LogP contribution in [0.2, 0.25) is 0 Å². The van der Waals surface area contributed by atoms with Crippen LogP contribution in [0.15, 0.2) is 53.4 Å². The topological polar surface area (TPSA) is 65.1 Å². The molecule has 0 bridgehead atoms. The van der Waals surface area contributed by atoms with Crippen LogP contribution in [0.4, 0.5) is 0 Å². The predicted molar refractivity (Wildman–Crippen MR) is 139 cm³/mol. The predicted octanol–water partition coefficient (Wildman–Crippen LogP) is 5.77. The second kappa shape index (κ2) is 12.6. The molecule has 1 unspecified atom stereocenters. The van der Waals surface area contributed by atoms with Gasteiger partial charge in [-0.1, -0.05) is 74.2 Å². The maximum Gasteiger partial charge on any atom is 0.333 e. The zero-order chi connectivity index (χ0) is 24.5. The second-order valence-electron chi connectivity index (χ2n) is 7.52. The van der Waals surface area contributed by atoms with E-state index in [1.165, 1.54) is 16.7 Å². The van der Waals surface area contributed by atoms with Crippen molar-refractivity contribution in [2.45, 2.75) is 39.7 Å². The number of carbonyl (C=O) groups excluding carboxylic acids is 2. The molecule has 1 aliphatic rings. The molecule has 1 saturated heterocycles. The van der Waals surface area contributed by atoms with Crippen molar-refractivity contribution < 1.29 is 23.8 Å². The van der Waals surface area contributed by atoms with Crippen LogP contribution in [0.3, 0.4) is 0 Å². The summed E-state index contributed by atoms with van der Waals surface area (Å²) in [5.74, 6) is 0.449. The molecule has 3 rings (SSSR count). The zero-order valence-electron chi connectivity index (χ0n) is 19.6. The van der Waals surface area contributed by atoms with Crippen LogP contribution in [-0.4, -0.2) is 40.9 Å². The summed E-state index contributed by atoms with van der Waals surface area (Å²) in [5, 5.41) is 0. The Kier molecular flexibility index (Phi) is 9.53.